The first-order valence-electron chi connectivity index (χ1n) is 9.81. The second-order valence-corrected chi connectivity index (χ2v) is 8.21. The number of halogens is 1. The van der Waals surface area contributed by atoms with Crippen LogP contribution in [0.2, 0.25) is 0 Å². The molecule has 0 saturated carbocycles. The zero-order valence-electron chi connectivity index (χ0n) is 16.8. The summed E-state index contributed by atoms with van der Waals surface area (Å²) in [5.74, 6) is -0.498. The zero-order chi connectivity index (χ0) is 20.8. The lowest BCUT2D eigenvalue weighted by molar-refractivity contribution is -0.126. The molecule has 8 heteroatoms. The first kappa shape index (κ1) is 21.7. The largest absolute Gasteiger partial charge is 0.385 e. The van der Waals surface area contributed by atoms with Crippen LogP contribution < -0.4 is 5.32 Å². The summed E-state index contributed by atoms with van der Waals surface area (Å²) in [5.41, 5.74) is 0.605. The van der Waals surface area contributed by atoms with Crippen molar-refractivity contribution < 1.29 is 23.5 Å². The summed E-state index contributed by atoms with van der Waals surface area (Å²) in [6.07, 6.45) is 2.03. The number of methoxy groups -OCH3 is 2. The number of piperidine rings is 1. The molecule has 0 aliphatic carbocycles. The molecule has 2 aromatic rings. The van der Waals surface area contributed by atoms with Gasteiger partial charge in [-0.05, 0) is 31.4 Å². The average molecular weight is 423 g/mol. The van der Waals surface area contributed by atoms with Gasteiger partial charge in [-0.25, -0.2) is 4.39 Å². The summed E-state index contributed by atoms with van der Waals surface area (Å²) in [4.78, 5) is 27.7. The first-order chi connectivity index (χ1) is 14.1. The quantitative estimate of drug-likeness (QED) is 0.664. The van der Waals surface area contributed by atoms with E-state index in [-0.39, 0.29) is 30.2 Å². The highest BCUT2D eigenvalue weighted by Crippen LogP contribution is 2.35. The molecule has 2 amide bonds. The molecule has 29 heavy (non-hydrogen) atoms. The molecule has 3 rings (SSSR count). The monoisotopic (exact) mass is 422 g/mol. The molecule has 0 spiro atoms. The van der Waals surface area contributed by atoms with E-state index >= 15 is 0 Å². The van der Waals surface area contributed by atoms with Crippen LogP contribution >= 0.6 is 11.3 Å². The number of fused-ring (bicyclic) bond motifs is 1. The molecule has 0 atom stereocenters. The third kappa shape index (κ3) is 4.94. The van der Waals surface area contributed by atoms with Gasteiger partial charge in [-0.1, -0.05) is 6.07 Å². The van der Waals surface area contributed by atoms with Gasteiger partial charge in [-0.15, -0.1) is 11.3 Å². The van der Waals surface area contributed by atoms with Crippen LogP contribution in [0.3, 0.4) is 0 Å². The number of carbonyl (C=O) groups is 2. The number of ether oxygens (including phenoxy) is 2. The lowest BCUT2D eigenvalue weighted by atomic mass is 9.95. The van der Waals surface area contributed by atoms with E-state index in [0.29, 0.717) is 54.9 Å². The molecular weight excluding hydrogens is 395 g/mol. The van der Waals surface area contributed by atoms with Crippen molar-refractivity contribution in [1.29, 1.82) is 0 Å². The minimum Gasteiger partial charge on any atom is -0.385 e. The first-order valence-corrected chi connectivity index (χ1v) is 10.6. The van der Waals surface area contributed by atoms with E-state index < -0.39 is 0 Å². The predicted molar refractivity (Wildman–Crippen MR) is 111 cm³/mol. The Labute approximate surface area is 174 Å². The number of amides is 2. The number of hydrogen-bond donors (Lipinski definition) is 1. The molecule has 1 fully saturated rings. The number of rotatable bonds is 8. The predicted octanol–water partition coefficient (Wildman–Crippen LogP) is 3.19. The molecule has 2 heterocycles. The molecule has 0 radical (unpaired) electrons. The number of thiophene rings is 1. The van der Waals surface area contributed by atoms with Gasteiger partial charge < -0.3 is 19.7 Å². The van der Waals surface area contributed by atoms with Crippen molar-refractivity contribution in [2.45, 2.75) is 25.9 Å². The van der Waals surface area contributed by atoms with Crippen LogP contribution in [0.4, 0.5) is 4.39 Å². The van der Waals surface area contributed by atoms with Crippen LogP contribution in [0.25, 0.3) is 10.1 Å². The number of nitrogens with zero attached hydrogens (tertiary/aromatic N) is 1. The van der Waals surface area contributed by atoms with Gasteiger partial charge in [-0.2, -0.15) is 0 Å². The van der Waals surface area contributed by atoms with Gasteiger partial charge in [0.25, 0.3) is 5.91 Å². The third-order valence-electron chi connectivity index (χ3n) is 5.22. The molecule has 1 aliphatic rings. The standard InChI is InChI=1S/C21H27FN2O4S/c1-27-12-4-9-23-20(25)14-7-10-24(11-8-14)21(26)19-15(13-28-2)18-16(22)5-3-6-17(18)29-19/h3,5-6,14H,4,7-13H2,1-2H3,(H,23,25). The molecule has 158 valence electrons. The lowest BCUT2D eigenvalue weighted by Gasteiger charge is -2.31. The Morgan fingerprint density at radius 2 is 2.00 bits per heavy atom. The molecule has 1 aromatic carbocycles. The van der Waals surface area contributed by atoms with Crippen molar-refractivity contribution in [1.82, 2.24) is 10.2 Å². The molecule has 0 unspecified atom stereocenters. The van der Waals surface area contributed by atoms with E-state index in [9.17, 15) is 14.0 Å². The van der Waals surface area contributed by atoms with Gasteiger partial charge in [0.2, 0.25) is 5.91 Å². The van der Waals surface area contributed by atoms with Crippen molar-refractivity contribution in [3.8, 4) is 0 Å². The van der Waals surface area contributed by atoms with Gasteiger partial charge in [-0.3, -0.25) is 9.59 Å². The number of likely N-dealkylation sites (tertiary alicyclic amines) is 1. The number of benzene rings is 1. The highest BCUT2D eigenvalue weighted by atomic mass is 32.1. The topological polar surface area (TPSA) is 67.9 Å². The van der Waals surface area contributed by atoms with Crippen LogP contribution in [0.5, 0.6) is 0 Å². The summed E-state index contributed by atoms with van der Waals surface area (Å²) >= 11 is 1.30. The second kappa shape index (κ2) is 10.1. The lowest BCUT2D eigenvalue weighted by Crippen LogP contribution is -2.43. The summed E-state index contributed by atoms with van der Waals surface area (Å²) < 4.78 is 25.3. The maximum atomic E-state index is 14.4. The van der Waals surface area contributed by atoms with Crippen molar-refractivity contribution in [2.75, 3.05) is 40.5 Å². The molecule has 1 N–H and O–H groups in total. The summed E-state index contributed by atoms with van der Waals surface area (Å²) in [5, 5.41) is 3.40. The fraction of sp³-hybridized carbons (Fsp3) is 0.524. The van der Waals surface area contributed by atoms with E-state index in [1.54, 1.807) is 18.1 Å². The van der Waals surface area contributed by atoms with E-state index in [1.165, 1.54) is 24.5 Å². The molecule has 6 nitrogen and oxygen atoms in total. The Morgan fingerprint density at radius 3 is 2.69 bits per heavy atom. The highest BCUT2D eigenvalue weighted by molar-refractivity contribution is 7.21. The van der Waals surface area contributed by atoms with Gasteiger partial charge in [0.05, 0.1) is 11.5 Å². The van der Waals surface area contributed by atoms with Crippen molar-refractivity contribution >= 4 is 33.2 Å². The molecule has 0 bridgehead atoms. The summed E-state index contributed by atoms with van der Waals surface area (Å²) in [6, 6.07) is 4.87. The normalized spacial score (nSPS) is 15.1. The van der Waals surface area contributed by atoms with E-state index in [4.69, 9.17) is 9.47 Å². The Hall–Kier alpha value is -2.03. The van der Waals surface area contributed by atoms with Crippen LogP contribution in [-0.2, 0) is 20.9 Å². The van der Waals surface area contributed by atoms with E-state index in [0.717, 1.165) is 11.1 Å². The fourth-order valence-electron chi connectivity index (χ4n) is 3.68. The highest BCUT2D eigenvalue weighted by Gasteiger charge is 2.30. The summed E-state index contributed by atoms with van der Waals surface area (Å²) in [7, 11) is 3.17. The Kier molecular flexibility index (Phi) is 7.57. The average Bonchev–Trinajstić information content (AvgIpc) is 3.11. The number of nitrogens with one attached hydrogen (secondary N) is 1. The minimum atomic E-state index is -0.339. The maximum Gasteiger partial charge on any atom is 0.264 e. The number of carbonyl (C=O) groups excluding carboxylic acids is 2. The van der Waals surface area contributed by atoms with Crippen molar-refractivity contribution in [3.05, 3.63) is 34.5 Å². The molecule has 1 aliphatic heterocycles. The Balaban J connectivity index is 1.66. The van der Waals surface area contributed by atoms with Crippen LogP contribution in [0.1, 0.15) is 34.5 Å². The van der Waals surface area contributed by atoms with Crippen molar-refractivity contribution in [3.63, 3.8) is 0 Å². The molecular formula is C21H27FN2O4S. The van der Waals surface area contributed by atoms with Gasteiger partial charge >= 0.3 is 0 Å². The third-order valence-corrected chi connectivity index (χ3v) is 6.41. The van der Waals surface area contributed by atoms with Crippen molar-refractivity contribution in [2.24, 2.45) is 5.92 Å². The van der Waals surface area contributed by atoms with Gasteiger partial charge in [0.1, 0.15) is 5.82 Å². The molecule has 1 saturated heterocycles. The minimum absolute atomic E-state index is 0.0391. The van der Waals surface area contributed by atoms with Gasteiger partial charge in [0.15, 0.2) is 0 Å². The van der Waals surface area contributed by atoms with Crippen LogP contribution in [0.15, 0.2) is 18.2 Å². The molecule has 1 aromatic heterocycles. The van der Waals surface area contributed by atoms with E-state index in [2.05, 4.69) is 5.32 Å². The SMILES string of the molecule is COCCCNC(=O)C1CCN(C(=O)c2sc3cccc(F)c3c2COC)CC1. The Morgan fingerprint density at radius 1 is 1.24 bits per heavy atom. The van der Waals surface area contributed by atoms with E-state index in [1.807, 2.05) is 6.07 Å². The van der Waals surface area contributed by atoms with Crippen LogP contribution in [-0.4, -0.2) is 57.2 Å². The number of hydrogen-bond acceptors (Lipinski definition) is 5. The maximum absolute atomic E-state index is 14.4. The smallest absolute Gasteiger partial charge is 0.264 e. The Bertz CT molecular complexity index is 862. The second-order valence-electron chi connectivity index (χ2n) is 7.16. The fourth-order valence-corrected chi connectivity index (χ4v) is 4.87. The van der Waals surface area contributed by atoms with Crippen LogP contribution in [0, 0.1) is 11.7 Å². The van der Waals surface area contributed by atoms with Gasteiger partial charge in [0, 0.05) is 62.0 Å². The summed E-state index contributed by atoms with van der Waals surface area (Å²) in [6.45, 7) is 2.42. The zero-order valence-corrected chi connectivity index (χ0v) is 17.6.